The zero-order chi connectivity index (χ0) is 15.4. The Bertz CT molecular complexity index is 571. The molecular weight excluding hydrogens is 278 g/mol. The van der Waals surface area contributed by atoms with E-state index in [1.54, 1.807) is 0 Å². The lowest BCUT2D eigenvalue weighted by atomic mass is 10.1. The number of nitrogens with one attached hydrogen (secondary N) is 1. The minimum atomic E-state index is 0.219. The largest absolute Gasteiger partial charge is 0.491 e. The summed E-state index contributed by atoms with van der Waals surface area (Å²) in [4.78, 5) is 2.79. The Kier molecular flexibility index (Phi) is 5.43. The van der Waals surface area contributed by atoms with Crippen molar-refractivity contribution in [1.82, 2.24) is 5.32 Å². The molecule has 114 valence electrons. The molecular formula is C18H25NOS. The van der Waals surface area contributed by atoms with Crippen LogP contribution in [0.25, 0.3) is 0 Å². The zero-order valence-corrected chi connectivity index (χ0v) is 14.4. The Morgan fingerprint density at radius 1 is 1.10 bits per heavy atom. The van der Waals surface area contributed by atoms with Crippen LogP contribution in [-0.4, -0.2) is 6.10 Å². The van der Waals surface area contributed by atoms with Gasteiger partial charge in [0.1, 0.15) is 5.75 Å². The molecule has 0 aliphatic heterocycles. The molecule has 0 amide bonds. The molecule has 0 aliphatic rings. The first kappa shape index (κ1) is 16.1. The molecule has 0 fully saturated rings. The third kappa shape index (κ3) is 4.58. The second kappa shape index (κ2) is 7.10. The minimum Gasteiger partial charge on any atom is -0.491 e. The van der Waals surface area contributed by atoms with E-state index in [1.165, 1.54) is 20.9 Å². The molecule has 0 radical (unpaired) electrons. The molecule has 3 heteroatoms. The van der Waals surface area contributed by atoms with Crippen LogP contribution in [0, 0.1) is 13.8 Å². The lowest BCUT2D eigenvalue weighted by Gasteiger charge is -2.15. The fourth-order valence-corrected chi connectivity index (χ4v) is 3.29. The van der Waals surface area contributed by atoms with Gasteiger partial charge < -0.3 is 10.1 Å². The molecule has 2 nitrogen and oxygen atoms in total. The van der Waals surface area contributed by atoms with Gasteiger partial charge in [0.25, 0.3) is 0 Å². The van der Waals surface area contributed by atoms with Crippen LogP contribution >= 0.6 is 11.3 Å². The van der Waals surface area contributed by atoms with Crippen LogP contribution in [0.2, 0.25) is 0 Å². The van der Waals surface area contributed by atoms with Crippen molar-refractivity contribution in [2.75, 3.05) is 0 Å². The van der Waals surface area contributed by atoms with Crippen molar-refractivity contribution in [2.45, 2.75) is 53.3 Å². The van der Waals surface area contributed by atoms with Gasteiger partial charge in [0, 0.05) is 22.3 Å². The van der Waals surface area contributed by atoms with Gasteiger partial charge in [0.15, 0.2) is 0 Å². The number of thiophene rings is 1. The molecule has 0 saturated carbocycles. The van der Waals surface area contributed by atoms with Gasteiger partial charge in [-0.2, -0.15) is 0 Å². The zero-order valence-electron chi connectivity index (χ0n) is 13.6. The van der Waals surface area contributed by atoms with E-state index in [4.69, 9.17) is 4.74 Å². The molecule has 1 heterocycles. The Balaban J connectivity index is 1.93. The van der Waals surface area contributed by atoms with Crippen molar-refractivity contribution < 1.29 is 4.74 Å². The van der Waals surface area contributed by atoms with E-state index in [0.717, 1.165) is 12.3 Å². The summed E-state index contributed by atoms with van der Waals surface area (Å²) in [5.74, 6) is 0.935. The fourth-order valence-electron chi connectivity index (χ4n) is 2.35. The van der Waals surface area contributed by atoms with Crippen LogP contribution < -0.4 is 10.1 Å². The maximum Gasteiger partial charge on any atom is 0.119 e. The molecule has 21 heavy (non-hydrogen) atoms. The predicted octanol–water partition coefficient (Wildman–Crippen LogP) is 5.00. The van der Waals surface area contributed by atoms with Crippen LogP contribution in [-0.2, 0) is 6.54 Å². The monoisotopic (exact) mass is 303 g/mol. The molecule has 1 N–H and O–H groups in total. The summed E-state index contributed by atoms with van der Waals surface area (Å²) in [5.41, 5.74) is 2.69. The highest BCUT2D eigenvalue weighted by Crippen LogP contribution is 2.22. The maximum atomic E-state index is 5.68. The van der Waals surface area contributed by atoms with Crippen molar-refractivity contribution in [2.24, 2.45) is 0 Å². The fraction of sp³-hybridized carbons (Fsp3) is 0.444. The van der Waals surface area contributed by atoms with E-state index in [2.05, 4.69) is 44.3 Å². The van der Waals surface area contributed by atoms with E-state index < -0.39 is 0 Å². The average Bonchev–Trinajstić information content (AvgIpc) is 2.74. The Morgan fingerprint density at radius 2 is 1.76 bits per heavy atom. The van der Waals surface area contributed by atoms with E-state index >= 15 is 0 Å². The van der Waals surface area contributed by atoms with E-state index in [-0.39, 0.29) is 6.10 Å². The molecule has 0 aliphatic carbocycles. The second-order valence-corrected chi connectivity index (χ2v) is 7.24. The molecule has 1 aromatic carbocycles. The van der Waals surface area contributed by atoms with Crippen molar-refractivity contribution in [3.8, 4) is 5.75 Å². The summed E-state index contributed by atoms with van der Waals surface area (Å²) in [6.07, 6.45) is 0.219. The number of hydrogen-bond acceptors (Lipinski definition) is 3. The first-order valence-electron chi connectivity index (χ1n) is 7.51. The third-order valence-electron chi connectivity index (χ3n) is 3.49. The number of ether oxygens (including phenoxy) is 1. The summed E-state index contributed by atoms with van der Waals surface area (Å²) in [6, 6.07) is 11.0. The maximum absolute atomic E-state index is 5.68. The predicted molar refractivity (Wildman–Crippen MR) is 91.3 cm³/mol. The highest BCUT2D eigenvalue weighted by atomic mass is 32.1. The van der Waals surface area contributed by atoms with E-state index in [1.807, 2.05) is 37.3 Å². The molecule has 0 saturated heterocycles. The van der Waals surface area contributed by atoms with Crippen LogP contribution in [0.5, 0.6) is 5.75 Å². The van der Waals surface area contributed by atoms with E-state index in [9.17, 15) is 0 Å². The van der Waals surface area contributed by atoms with Gasteiger partial charge in [-0.1, -0.05) is 12.1 Å². The lowest BCUT2D eigenvalue weighted by Crippen LogP contribution is -2.18. The Morgan fingerprint density at radius 3 is 2.29 bits per heavy atom. The van der Waals surface area contributed by atoms with Gasteiger partial charge in [-0.05, 0) is 63.9 Å². The minimum absolute atomic E-state index is 0.219. The van der Waals surface area contributed by atoms with Gasteiger partial charge in [-0.25, -0.2) is 0 Å². The molecule has 1 atom stereocenters. The van der Waals surface area contributed by atoms with Gasteiger partial charge in [0.2, 0.25) is 0 Å². The standard InChI is InChI=1S/C18H25NOS/c1-12(2)20-18-8-6-16(7-9-18)14(4)19-11-17-10-13(3)21-15(17)5/h6-10,12,14,19H,11H2,1-5H3. The summed E-state index contributed by atoms with van der Waals surface area (Å²) in [5, 5.41) is 3.60. The molecule has 0 spiro atoms. The molecule has 0 bridgehead atoms. The lowest BCUT2D eigenvalue weighted by molar-refractivity contribution is 0.242. The van der Waals surface area contributed by atoms with Gasteiger partial charge in [0.05, 0.1) is 6.10 Å². The van der Waals surface area contributed by atoms with Crippen molar-refractivity contribution >= 4 is 11.3 Å². The Hall–Kier alpha value is -1.32. The van der Waals surface area contributed by atoms with Gasteiger partial charge >= 0.3 is 0 Å². The summed E-state index contributed by atoms with van der Waals surface area (Å²) in [7, 11) is 0. The van der Waals surface area contributed by atoms with Crippen LogP contribution in [0.1, 0.15) is 47.7 Å². The van der Waals surface area contributed by atoms with Crippen LogP contribution in [0.3, 0.4) is 0 Å². The first-order chi connectivity index (χ1) is 9.95. The highest BCUT2D eigenvalue weighted by Gasteiger charge is 2.08. The van der Waals surface area contributed by atoms with Crippen molar-refractivity contribution in [3.63, 3.8) is 0 Å². The summed E-state index contributed by atoms with van der Waals surface area (Å²) < 4.78 is 5.68. The van der Waals surface area contributed by atoms with Gasteiger partial charge in [-0.15, -0.1) is 11.3 Å². The van der Waals surface area contributed by atoms with Crippen LogP contribution in [0.15, 0.2) is 30.3 Å². The Labute approximate surface area is 132 Å². The number of aryl methyl sites for hydroxylation is 2. The number of hydrogen-bond donors (Lipinski definition) is 1. The average molecular weight is 303 g/mol. The van der Waals surface area contributed by atoms with Crippen LogP contribution in [0.4, 0.5) is 0 Å². The first-order valence-corrected chi connectivity index (χ1v) is 8.33. The SMILES string of the molecule is Cc1cc(CNC(C)c2ccc(OC(C)C)cc2)c(C)s1. The summed E-state index contributed by atoms with van der Waals surface area (Å²) >= 11 is 1.87. The normalized spacial score (nSPS) is 12.7. The molecule has 1 aromatic heterocycles. The number of rotatable bonds is 6. The number of benzene rings is 1. The van der Waals surface area contributed by atoms with E-state index in [0.29, 0.717) is 6.04 Å². The van der Waals surface area contributed by atoms with Crippen molar-refractivity contribution in [3.05, 3.63) is 51.2 Å². The van der Waals surface area contributed by atoms with Gasteiger partial charge in [-0.3, -0.25) is 0 Å². The second-order valence-electron chi connectivity index (χ2n) is 5.78. The van der Waals surface area contributed by atoms with Crippen molar-refractivity contribution in [1.29, 1.82) is 0 Å². The quantitative estimate of drug-likeness (QED) is 0.810. The molecule has 1 unspecified atom stereocenters. The smallest absolute Gasteiger partial charge is 0.119 e. The topological polar surface area (TPSA) is 21.3 Å². The molecule has 2 aromatic rings. The molecule has 2 rings (SSSR count). The highest BCUT2D eigenvalue weighted by molar-refractivity contribution is 7.12. The summed E-state index contributed by atoms with van der Waals surface area (Å²) in [6.45, 7) is 11.6. The third-order valence-corrected chi connectivity index (χ3v) is 4.50.